The van der Waals surface area contributed by atoms with Gasteiger partial charge in [0.15, 0.2) is 0 Å². The summed E-state index contributed by atoms with van der Waals surface area (Å²) in [5.74, 6) is 0. The molecule has 2 rings (SSSR count). The number of benzene rings is 1. The standard InChI is InChI=1S/C11H14N2/c1-2-10(12)8-3-4-11-9(7-8)5-6-13-11/h3-7,10,13H,2,12H2,1H3. The molecular formula is C11H14N2. The number of rotatable bonds is 2. The molecular weight excluding hydrogens is 160 g/mol. The zero-order chi connectivity index (χ0) is 9.26. The van der Waals surface area contributed by atoms with Crippen molar-refractivity contribution in [2.45, 2.75) is 19.4 Å². The van der Waals surface area contributed by atoms with Crippen molar-refractivity contribution in [3.8, 4) is 0 Å². The first-order chi connectivity index (χ1) is 6.31. The Labute approximate surface area is 77.8 Å². The average Bonchev–Trinajstić information content (AvgIpc) is 2.63. The monoisotopic (exact) mass is 174 g/mol. The lowest BCUT2D eigenvalue weighted by Crippen LogP contribution is -2.07. The first kappa shape index (κ1) is 8.32. The fourth-order valence-corrected chi connectivity index (χ4v) is 1.54. The lowest BCUT2D eigenvalue weighted by molar-refractivity contribution is 0.700. The lowest BCUT2D eigenvalue weighted by Gasteiger charge is -2.08. The topological polar surface area (TPSA) is 41.8 Å². The minimum atomic E-state index is 0.166. The number of H-pyrrole nitrogens is 1. The number of hydrogen-bond acceptors (Lipinski definition) is 1. The summed E-state index contributed by atoms with van der Waals surface area (Å²) in [7, 11) is 0. The maximum absolute atomic E-state index is 5.94. The smallest absolute Gasteiger partial charge is 0.0454 e. The van der Waals surface area contributed by atoms with E-state index in [1.807, 2.05) is 6.20 Å². The van der Waals surface area contributed by atoms with Crippen molar-refractivity contribution in [1.29, 1.82) is 0 Å². The van der Waals surface area contributed by atoms with Crippen molar-refractivity contribution < 1.29 is 0 Å². The third kappa shape index (κ3) is 1.45. The van der Waals surface area contributed by atoms with E-state index in [0.29, 0.717) is 0 Å². The third-order valence-corrected chi connectivity index (χ3v) is 2.45. The van der Waals surface area contributed by atoms with Crippen LogP contribution in [-0.4, -0.2) is 4.98 Å². The Bertz CT molecular complexity index is 403. The highest BCUT2D eigenvalue weighted by molar-refractivity contribution is 5.80. The number of nitrogens with one attached hydrogen (secondary N) is 1. The largest absolute Gasteiger partial charge is 0.361 e. The molecule has 1 aromatic heterocycles. The van der Waals surface area contributed by atoms with Crippen molar-refractivity contribution in [2.75, 3.05) is 0 Å². The molecule has 0 saturated carbocycles. The van der Waals surface area contributed by atoms with Crippen LogP contribution in [0.1, 0.15) is 24.9 Å². The Morgan fingerprint density at radius 3 is 3.00 bits per heavy atom. The highest BCUT2D eigenvalue weighted by Crippen LogP contribution is 2.19. The summed E-state index contributed by atoms with van der Waals surface area (Å²) in [6.07, 6.45) is 2.93. The van der Waals surface area contributed by atoms with Gasteiger partial charge < -0.3 is 10.7 Å². The van der Waals surface area contributed by atoms with Crippen molar-refractivity contribution in [2.24, 2.45) is 5.73 Å². The van der Waals surface area contributed by atoms with Gasteiger partial charge in [0, 0.05) is 17.8 Å². The first-order valence-electron chi connectivity index (χ1n) is 4.64. The second-order valence-corrected chi connectivity index (χ2v) is 3.34. The fourth-order valence-electron chi connectivity index (χ4n) is 1.54. The second kappa shape index (κ2) is 3.23. The Morgan fingerprint density at radius 2 is 2.23 bits per heavy atom. The van der Waals surface area contributed by atoms with Crippen LogP contribution in [0.5, 0.6) is 0 Å². The number of aromatic amines is 1. The SMILES string of the molecule is CCC(N)c1ccc2[nH]ccc2c1. The van der Waals surface area contributed by atoms with Gasteiger partial charge in [-0.3, -0.25) is 0 Å². The van der Waals surface area contributed by atoms with Gasteiger partial charge in [-0.05, 0) is 35.6 Å². The van der Waals surface area contributed by atoms with Crippen LogP contribution < -0.4 is 5.73 Å². The van der Waals surface area contributed by atoms with Gasteiger partial charge in [0.25, 0.3) is 0 Å². The fraction of sp³-hybridized carbons (Fsp3) is 0.273. The van der Waals surface area contributed by atoms with Crippen LogP contribution in [0.15, 0.2) is 30.5 Å². The summed E-state index contributed by atoms with van der Waals surface area (Å²) in [5.41, 5.74) is 8.33. The number of nitrogens with two attached hydrogens (primary N) is 1. The van der Waals surface area contributed by atoms with Crippen LogP contribution >= 0.6 is 0 Å². The molecule has 0 aliphatic heterocycles. The molecule has 68 valence electrons. The van der Waals surface area contributed by atoms with E-state index in [1.165, 1.54) is 16.5 Å². The molecule has 0 spiro atoms. The van der Waals surface area contributed by atoms with E-state index in [-0.39, 0.29) is 6.04 Å². The minimum absolute atomic E-state index is 0.166. The average molecular weight is 174 g/mol. The summed E-state index contributed by atoms with van der Waals surface area (Å²) >= 11 is 0. The molecule has 2 aromatic rings. The summed E-state index contributed by atoms with van der Waals surface area (Å²) in [5, 5.41) is 1.24. The summed E-state index contributed by atoms with van der Waals surface area (Å²) in [6.45, 7) is 2.10. The molecule has 0 bridgehead atoms. The lowest BCUT2D eigenvalue weighted by atomic mass is 10.0. The molecule has 0 amide bonds. The van der Waals surface area contributed by atoms with Gasteiger partial charge in [-0.15, -0.1) is 0 Å². The van der Waals surface area contributed by atoms with E-state index < -0.39 is 0 Å². The van der Waals surface area contributed by atoms with Gasteiger partial charge in [0.1, 0.15) is 0 Å². The maximum atomic E-state index is 5.94. The van der Waals surface area contributed by atoms with Gasteiger partial charge in [0.2, 0.25) is 0 Å². The molecule has 1 atom stereocenters. The van der Waals surface area contributed by atoms with Crippen molar-refractivity contribution in [1.82, 2.24) is 4.98 Å². The van der Waals surface area contributed by atoms with E-state index in [1.54, 1.807) is 0 Å². The van der Waals surface area contributed by atoms with Gasteiger partial charge in [0.05, 0.1) is 0 Å². The zero-order valence-electron chi connectivity index (χ0n) is 7.75. The van der Waals surface area contributed by atoms with Gasteiger partial charge in [-0.1, -0.05) is 13.0 Å². The normalized spacial score (nSPS) is 13.4. The van der Waals surface area contributed by atoms with E-state index in [9.17, 15) is 0 Å². The first-order valence-corrected chi connectivity index (χ1v) is 4.64. The number of hydrogen-bond donors (Lipinski definition) is 2. The van der Waals surface area contributed by atoms with E-state index in [2.05, 4.69) is 36.2 Å². The molecule has 3 N–H and O–H groups in total. The van der Waals surface area contributed by atoms with Gasteiger partial charge in [-0.2, -0.15) is 0 Å². The Hall–Kier alpha value is -1.28. The Kier molecular flexibility index (Phi) is 2.07. The molecule has 0 aliphatic rings. The quantitative estimate of drug-likeness (QED) is 0.722. The van der Waals surface area contributed by atoms with Crippen LogP contribution in [0.2, 0.25) is 0 Å². The van der Waals surface area contributed by atoms with E-state index in [4.69, 9.17) is 5.73 Å². The Balaban J connectivity index is 2.48. The van der Waals surface area contributed by atoms with Crippen LogP contribution in [0, 0.1) is 0 Å². The molecule has 1 heterocycles. The molecule has 1 unspecified atom stereocenters. The van der Waals surface area contributed by atoms with Crippen LogP contribution in [-0.2, 0) is 0 Å². The summed E-state index contributed by atoms with van der Waals surface area (Å²) < 4.78 is 0. The summed E-state index contributed by atoms with van der Waals surface area (Å²) in [4.78, 5) is 3.16. The number of fused-ring (bicyclic) bond motifs is 1. The molecule has 0 aliphatic carbocycles. The highest BCUT2D eigenvalue weighted by atomic mass is 14.7. The van der Waals surface area contributed by atoms with Crippen molar-refractivity contribution in [3.63, 3.8) is 0 Å². The molecule has 2 heteroatoms. The second-order valence-electron chi connectivity index (χ2n) is 3.34. The third-order valence-electron chi connectivity index (χ3n) is 2.45. The molecule has 0 saturated heterocycles. The minimum Gasteiger partial charge on any atom is -0.361 e. The summed E-state index contributed by atoms with van der Waals surface area (Å²) in [6, 6.07) is 8.56. The number of aromatic nitrogens is 1. The van der Waals surface area contributed by atoms with Crippen molar-refractivity contribution in [3.05, 3.63) is 36.0 Å². The predicted octanol–water partition coefficient (Wildman–Crippen LogP) is 2.58. The van der Waals surface area contributed by atoms with E-state index in [0.717, 1.165) is 6.42 Å². The molecule has 13 heavy (non-hydrogen) atoms. The maximum Gasteiger partial charge on any atom is 0.0454 e. The van der Waals surface area contributed by atoms with E-state index >= 15 is 0 Å². The van der Waals surface area contributed by atoms with Crippen molar-refractivity contribution >= 4 is 10.9 Å². The molecule has 1 aromatic carbocycles. The molecule has 0 radical (unpaired) electrons. The van der Waals surface area contributed by atoms with Gasteiger partial charge in [-0.25, -0.2) is 0 Å². The Morgan fingerprint density at radius 1 is 1.38 bits per heavy atom. The van der Waals surface area contributed by atoms with Crippen LogP contribution in [0.25, 0.3) is 10.9 Å². The van der Waals surface area contributed by atoms with Crippen LogP contribution in [0.3, 0.4) is 0 Å². The van der Waals surface area contributed by atoms with Crippen LogP contribution in [0.4, 0.5) is 0 Å². The molecule has 2 nitrogen and oxygen atoms in total. The highest BCUT2D eigenvalue weighted by Gasteiger charge is 2.03. The van der Waals surface area contributed by atoms with Gasteiger partial charge >= 0.3 is 0 Å². The zero-order valence-corrected chi connectivity index (χ0v) is 7.75. The molecule has 0 fully saturated rings. The predicted molar refractivity (Wildman–Crippen MR) is 55.5 cm³/mol.